The topological polar surface area (TPSA) is 79.3 Å². The molecule has 0 aromatic heterocycles. The lowest BCUT2D eigenvalue weighted by Gasteiger charge is -2.39. The number of carboxylic acids is 1. The minimum absolute atomic E-state index is 0.195. The summed E-state index contributed by atoms with van der Waals surface area (Å²) in [5.74, 6) is -2.56. The van der Waals surface area contributed by atoms with Gasteiger partial charge >= 0.3 is 12.1 Å². The monoisotopic (exact) mass is 422 g/mol. The van der Waals surface area contributed by atoms with Crippen molar-refractivity contribution in [3.05, 3.63) is 0 Å². The molecular weight excluding hydrogens is 393 g/mol. The number of fused-ring (bicyclic) bond motifs is 1. The van der Waals surface area contributed by atoms with Gasteiger partial charge in [0.25, 0.3) is 5.91 Å². The largest absolute Gasteiger partial charge is 0.490 e. The van der Waals surface area contributed by atoms with Crippen molar-refractivity contribution in [2.75, 3.05) is 32.8 Å². The number of rotatable bonds is 2. The van der Waals surface area contributed by atoms with Crippen LogP contribution in [0.2, 0.25) is 0 Å². The van der Waals surface area contributed by atoms with Gasteiger partial charge in [0.05, 0.1) is 19.3 Å². The minimum Gasteiger partial charge on any atom is -0.475 e. The molecule has 0 radical (unpaired) electrons. The van der Waals surface area contributed by atoms with Crippen LogP contribution in [0.3, 0.4) is 0 Å². The highest BCUT2D eigenvalue weighted by Gasteiger charge is 2.45. The molecule has 4 aliphatic rings. The van der Waals surface area contributed by atoms with Gasteiger partial charge in [-0.1, -0.05) is 12.8 Å². The number of alkyl halides is 3. The fourth-order valence-electron chi connectivity index (χ4n) is 4.82. The lowest BCUT2D eigenvalue weighted by molar-refractivity contribution is -0.192. The Kier molecular flexibility index (Phi) is 7.39. The van der Waals surface area contributed by atoms with E-state index in [4.69, 9.17) is 19.4 Å². The van der Waals surface area contributed by atoms with Crippen LogP contribution < -0.4 is 0 Å². The highest BCUT2D eigenvalue weighted by Crippen LogP contribution is 2.37. The molecule has 7 nitrogen and oxygen atoms in total. The number of hydrogen-bond donors (Lipinski definition) is 1. The fraction of sp³-hybridized carbons (Fsp3) is 0.895. The summed E-state index contributed by atoms with van der Waals surface area (Å²) < 4.78 is 43.3. The Bertz CT molecular complexity index is 577. The van der Waals surface area contributed by atoms with E-state index in [1.165, 1.54) is 32.2 Å². The van der Waals surface area contributed by atoms with Gasteiger partial charge in [-0.15, -0.1) is 0 Å². The van der Waals surface area contributed by atoms with Crippen LogP contribution >= 0.6 is 0 Å². The van der Waals surface area contributed by atoms with E-state index < -0.39 is 12.1 Å². The number of aliphatic carboxylic acids is 1. The van der Waals surface area contributed by atoms with E-state index in [-0.39, 0.29) is 18.1 Å². The zero-order chi connectivity index (χ0) is 21.0. The van der Waals surface area contributed by atoms with E-state index in [2.05, 4.69) is 4.90 Å². The maximum absolute atomic E-state index is 12.6. The van der Waals surface area contributed by atoms with Gasteiger partial charge < -0.3 is 19.5 Å². The summed E-state index contributed by atoms with van der Waals surface area (Å²) in [4.78, 5) is 26.1. The van der Waals surface area contributed by atoms with Crippen molar-refractivity contribution in [3.63, 3.8) is 0 Å². The average Bonchev–Trinajstić information content (AvgIpc) is 3.36. The van der Waals surface area contributed by atoms with Gasteiger partial charge in [-0.05, 0) is 32.1 Å². The lowest BCUT2D eigenvalue weighted by Crippen LogP contribution is -2.52. The number of carboxylic acid groups (broad SMARTS) is 1. The molecule has 4 fully saturated rings. The molecule has 3 heterocycles. The molecule has 29 heavy (non-hydrogen) atoms. The molecule has 1 amide bonds. The van der Waals surface area contributed by atoms with Crippen molar-refractivity contribution in [3.8, 4) is 0 Å². The number of likely N-dealkylation sites (tertiary alicyclic amines) is 1. The van der Waals surface area contributed by atoms with Crippen LogP contribution in [0.15, 0.2) is 0 Å². The van der Waals surface area contributed by atoms with E-state index in [0.717, 1.165) is 38.4 Å². The van der Waals surface area contributed by atoms with Gasteiger partial charge in [0, 0.05) is 31.7 Å². The molecule has 1 N–H and O–H groups in total. The Morgan fingerprint density at radius 1 is 0.931 bits per heavy atom. The van der Waals surface area contributed by atoms with Gasteiger partial charge in [0.15, 0.2) is 0 Å². The third-order valence-electron chi connectivity index (χ3n) is 6.23. The van der Waals surface area contributed by atoms with Crippen molar-refractivity contribution in [1.29, 1.82) is 0 Å². The first-order chi connectivity index (χ1) is 13.8. The number of nitrogens with zero attached hydrogens (tertiary/aromatic N) is 2. The lowest BCUT2D eigenvalue weighted by atomic mass is 9.97. The summed E-state index contributed by atoms with van der Waals surface area (Å²) in [6.07, 6.45) is 3.61. The molecule has 166 valence electrons. The summed E-state index contributed by atoms with van der Waals surface area (Å²) >= 11 is 0. The normalized spacial score (nSPS) is 31.1. The number of halogens is 3. The summed E-state index contributed by atoms with van der Waals surface area (Å²) in [7, 11) is 0. The van der Waals surface area contributed by atoms with Crippen LogP contribution in [0, 0.1) is 0 Å². The number of carbonyl (C=O) groups is 2. The zero-order valence-electron chi connectivity index (χ0n) is 16.4. The van der Waals surface area contributed by atoms with Gasteiger partial charge in [0.2, 0.25) is 0 Å². The molecule has 3 aliphatic heterocycles. The minimum atomic E-state index is -5.08. The summed E-state index contributed by atoms with van der Waals surface area (Å²) in [6.45, 7) is 3.94. The van der Waals surface area contributed by atoms with Crippen LogP contribution in [-0.4, -0.2) is 90.1 Å². The molecule has 0 aromatic carbocycles. The first-order valence-corrected chi connectivity index (χ1v) is 10.3. The number of morpholine rings is 1. The maximum Gasteiger partial charge on any atom is 0.490 e. The average molecular weight is 422 g/mol. The van der Waals surface area contributed by atoms with E-state index >= 15 is 0 Å². The van der Waals surface area contributed by atoms with E-state index in [1.807, 2.05) is 4.90 Å². The Morgan fingerprint density at radius 3 is 2.14 bits per heavy atom. The first kappa shape index (κ1) is 22.3. The quantitative estimate of drug-likeness (QED) is 0.734. The molecule has 0 unspecified atom stereocenters. The molecule has 10 heteroatoms. The number of ether oxygens (including phenoxy) is 2. The smallest absolute Gasteiger partial charge is 0.475 e. The molecule has 1 aliphatic carbocycles. The van der Waals surface area contributed by atoms with Crippen molar-refractivity contribution >= 4 is 11.9 Å². The van der Waals surface area contributed by atoms with Crippen molar-refractivity contribution in [1.82, 2.24) is 9.80 Å². The van der Waals surface area contributed by atoms with E-state index in [9.17, 15) is 18.0 Å². The second-order valence-corrected chi connectivity index (χ2v) is 8.01. The Labute approximate surface area is 168 Å². The standard InChI is InChI=1S/C17H28N2O3.C2HF3O2/c20-17(18-9-11-21-12-10-18)16-6-5-14-15(22-16)7-8-19(14)13-3-1-2-4-13;3-2(4,5)1(6)7/h13-16H,1-12H2;(H,6,7)/t14-,15-,16+;/m1./s1. The van der Waals surface area contributed by atoms with E-state index in [0.29, 0.717) is 19.3 Å². The predicted octanol–water partition coefficient (Wildman–Crippen LogP) is 2.04. The third kappa shape index (κ3) is 5.61. The summed E-state index contributed by atoms with van der Waals surface area (Å²) in [5.41, 5.74) is 0. The first-order valence-electron chi connectivity index (χ1n) is 10.3. The fourth-order valence-corrected chi connectivity index (χ4v) is 4.82. The van der Waals surface area contributed by atoms with Crippen LogP contribution in [-0.2, 0) is 19.1 Å². The second-order valence-electron chi connectivity index (χ2n) is 8.01. The van der Waals surface area contributed by atoms with Gasteiger partial charge in [0.1, 0.15) is 6.10 Å². The molecule has 3 saturated heterocycles. The van der Waals surface area contributed by atoms with Gasteiger partial charge in [-0.25, -0.2) is 4.79 Å². The number of hydrogen-bond acceptors (Lipinski definition) is 5. The Hall–Kier alpha value is -1.39. The highest BCUT2D eigenvalue weighted by atomic mass is 19.4. The second kappa shape index (κ2) is 9.61. The van der Waals surface area contributed by atoms with Crippen LogP contribution in [0.4, 0.5) is 13.2 Å². The summed E-state index contributed by atoms with van der Waals surface area (Å²) in [6, 6.07) is 1.35. The van der Waals surface area contributed by atoms with Crippen molar-refractivity contribution < 1.29 is 37.3 Å². The number of amides is 1. The Balaban J connectivity index is 0.000000298. The van der Waals surface area contributed by atoms with Gasteiger partial charge in [-0.3, -0.25) is 9.69 Å². The molecule has 3 atom stereocenters. The molecular formula is C19H29F3N2O5. The molecule has 4 rings (SSSR count). The van der Waals surface area contributed by atoms with Gasteiger partial charge in [-0.2, -0.15) is 13.2 Å². The highest BCUT2D eigenvalue weighted by molar-refractivity contribution is 5.81. The molecule has 0 aromatic rings. The van der Waals surface area contributed by atoms with Crippen LogP contribution in [0.5, 0.6) is 0 Å². The van der Waals surface area contributed by atoms with Crippen LogP contribution in [0.1, 0.15) is 44.9 Å². The maximum atomic E-state index is 12.6. The zero-order valence-corrected chi connectivity index (χ0v) is 16.4. The molecule has 0 bridgehead atoms. The number of carbonyl (C=O) groups excluding carboxylic acids is 1. The van der Waals surface area contributed by atoms with Crippen molar-refractivity contribution in [2.24, 2.45) is 0 Å². The third-order valence-corrected chi connectivity index (χ3v) is 6.23. The SMILES string of the molecule is O=C(O)C(F)(F)F.O=C([C@@H]1CC[C@@H]2[C@@H](CCN2C2CCCC2)O1)N1CCOCC1. The predicted molar refractivity (Wildman–Crippen MR) is 96.4 cm³/mol. The van der Waals surface area contributed by atoms with E-state index in [1.54, 1.807) is 0 Å². The molecule has 1 saturated carbocycles. The summed E-state index contributed by atoms with van der Waals surface area (Å²) in [5, 5.41) is 7.12. The molecule has 0 spiro atoms. The van der Waals surface area contributed by atoms with Crippen LogP contribution in [0.25, 0.3) is 0 Å². The van der Waals surface area contributed by atoms with Crippen molar-refractivity contribution in [2.45, 2.75) is 75.4 Å². The Morgan fingerprint density at radius 2 is 1.55 bits per heavy atom.